The average Bonchev–Trinajstić information content (AvgIpc) is 2.66. The summed E-state index contributed by atoms with van der Waals surface area (Å²) in [5, 5.41) is 8.77. The largest absolute Gasteiger partial charge is 0.325 e. The van der Waals surface area contributed by atoms with E-state index in [0.29, 0.717) is 30.1 Å². The van der Waals surface area contributed by atoms with Gasteiger partial charge in [0.15, 0.2) is 0 Å². The minimum atomic E-state index is -0.108. The van der Waals surface area contributed by atoms with Crippen LogP contribution in [0.15, 0.2) is 12.1 Å². The van der Waals surface area contributed by atoms with Crippen molar-refractivity contribution in [3.05, 3.63) is 22.7 Å². The lowest BCUT2D eigenvalue weighted by Crippen LogP contribution is -2.18. The lowest BCUT2D eigenvalue weighted by atomic mass is 10.1. The van der Waals surface area contributed by atoms with Crippen molar-refractivity contribution in [3.8, 4) is 0 Å². The number of rotatable bonds is 4. The summed E-state index contributed by atoms with van der Waals surface area (Å²) in [5.74, 6) is -0.164. The highest BCUT2D eigenvalue weighted by Crippen LogP contribution is 2.32. The van der Waals surface area contributed by atoms with Crippen molar-refractivity contribution in [2.75, 3.05) is 24.2 Å². The molecule has 6 heteroatoms. The maximum Gasteiger partial charge on any atom is 0.228 e. The molecule has 0 fully saturated rings. The van der Waals surface area contributed by atoms with Crippen LogP contribution in [0.1, 0.15) is 12.0 Å². The van der Waals surface area contributed by atoms with E-state index in [-0.39, 0.29) is 11.8 Å². The third-order valence-electron chi connectivity index (χ3n) is 2.69. The Bertz CT molecular complexity index is 502. The van der Waals surface area contributed by atoms with Crippen molar-refractivity contribution in [1.29, 1.82) is 0 Å². The lowest BCUT2D eigenvalue weighted by Gasteiger charge is -2.09. The van der Waals surface area contributed by atoms with Gasteiger partial charge in [-0.2, -0.15) is 0 Å². The van der Waals surface area contributed by atoms with Crippen molar-refractivity contribution in [2.45, 2.75) is 12.8 Å². The van der Waals surface area contributed by atoms with Gasteiger partial charge in [-0.1, -0.05) is 11.6 Å². The first-order valence-corrected chi connectivity index (χ1v) is 6.04. The number of carbonyl (C=O) groups is 2. The summed E-state index contributed by atoms with van der Waals surface area (Å²) in [4.78, 5) is 22.8. The van der Waals surface area contributed by atoms with Gasteiger partial charge in [-0.15, -0.1) is 0 Å². The normalized spacial score (nSPS) is 13.1. The van der Waals surface area contributed by atoms with Gasteiger partial charge in [-0.05, 0) is 24.7 Å². The molecule has 0 aliphatic carbocycles. The zero-order valence-electron chi connectivity index (χ0n) is 9.97. The Morgan fingerprint density at radius 2 is 2.28 bits per heavy atom. The predicted molar refractivity (Wildman–Crippen MR) is 71.0 cm³/mol. The molecule has 0 unspecified atom stereocenters. The van der Waals surface area contributed by atoms with E-state index < -0.39 is 0 Å². The second-order valence-electron chi connectivity index (χ2n) is 4.12. The van der Waals surface area contributed by atoms with E-state index in [0.717, 1.165) is 11.3 Å². The second-order valence-corrected chi connectivity index (χ2v) is 4.52. The Morgan fingerprint density at radius 3 is 3.00 bits per heavy atom. The van der Waals surface area contributed by atoms with E-state index in [2.05, 4.69) is 16.0 Å². The molecule has 0 bridgehead atoms. The van der Waals surface area contributed by atoms with Crippen molar-refractivity contribution in [1.82, 2.24) is 5.32 Å². The minimum Gasteiger partial charge on any atom is -0.325 e. The van der Waals surface area contributed by atoms with Crippen LogP contribution in [0.3, 0.4) is 0 Å². The van der Waals surface area contributed by atoms with Gasteiger partial charge in [-0.3, -0.25) is 9.59 Å². The van der Waals surface area contributed by atoms with Gasteiger partial charge in [0.05, 0.1) is 17.1 Å². The maximum atomic E-state index is 11.6. The molecule has 0 spiro atoms. The molecule has 1 aromatic rings. The number of hydrogen-bond acceptors (Lipinski definition) is 3. The maximum absolute atomic E-state index is 11.6. The molecular weight excluding hydrogens is 254 g/mol. The molecule has 2 rings (SSSR count). The average molecular weight is 268 g/mol. The van der Waals surface area contributed by atoms with Gasteiger partial charge in [0, 0.05) is 18.7 Å². The van der Waals surface area contributed by atoms with E-state index in [1.165, 1.54) is 0 Å². The third-order valence-corrected chi connectivity index (χ3v) is 3.01. The van der Waals surface area contributed by atoms with E-state index in [9.17, 15) is 9.59 Å². The van der Waals surface area contributed by atoms with Gasteiger partial charge < -0.3 is 16.0 Å². The molecule has 0 aromatic heterocycles. The van der Waals surface area contributed by atoms with Crippen LogP contribution in [0.25, 0.3) is 0 Å². The fraction of sp³-hybridized carbons (Fsp3) is 0.333. The summed E-state index contributed by atoms with van der Waals surface area (Å²) in [6.07, 6.45) is 0.701. The van der Waals surface area contributed by atoms with Crippen molar-refractivity contribution < 1.29 is 9.59 Å². The molecule has 5 nitrogen and oxygen atoms in total. The second kappa shape index (κ2) is 5.37. The number of nitrogens with one attached hydrogen (secondary N) is 3. The highest BCUT2D eigenvalue weighted by atomic mass is 35.5. The molecule has 0 saturated carbocycles. The number of hydrogen-bond donors (Lipinski definition) is 3. The molecular formula is C12H14ClN3O2. The standard InChI is InChI=1S/C12H14ClN3O2/c1-14-3-2-11(17)16-10-4-7-5-12(18)15-9(7)6-8(10)13/h4,6,14H,2-3,5H2,1H3,(H,15,18)(H,16,17). The molecule has 2 amide bonds. The Balaban J connectivity index is 2.12. The van der Waals surface area contributed by atoms with E-state index >= 15 is 0 Å². The van der Waals surface area contributed by atoms with Crippen molar-refractivity contribution >= 4 is 34.8 Å². The van der Waals surface area contributed by atoms with Crippen LogP contribution in [-0.2, 0) is 16.0 Å². The highest BCUT2D eigenvalue weighted by molar-refractivity contribution is 6.34. The van der Waals surface area contributed by atoms with Crippen LogP contribution in [0, 0.1) is 0 Å². The zero-order valence-corrected chi connectivity index (χ0v) is 10.7. The summed E-state index contributed by atoms with van der Waals surface area (Å²) in [7, 11) is 1.78. The molecule has 0 saturated heterocycles. The van der Waals surface area contributed by atoms with Crippen molar-refractivity contribution in [3.63, 3.8) is 0 Å². The fourth-order valence-electron chi connectivity index (χ4n) is 1.80. The first-order valence-electron chi connectivity index (χ1n) is 5.67. The number of benzene rings is 1. The predicted octanol–water partition coefficient (Wildman–Crippen LogP) is 1.38. The van der Waals surface area contributed by atoms with E-state index in [4.69, 9.17) is 11.6 Å². The van der Waals surface area contributed by atoms with Gasteiger partial charge in [-0.25, -0.2) is 0 Å². The van der Waals surface area contributed by atoms with E-state index in [1.807, 2.05) is 0 Å². The summed E-state index contributed by atoms with van der Waals surface area (Å²) < 4.78 is 0. The van der Waals surface area contributed by atoms with Gasteiger partial charge in [0.2, 0.25) is 11.8 Å². The first-order chi connectivity index (χ1) is 8.60. The molecule has 18 heavy (non-hydrogen) atoms. The SMILES string of the molecule is CNCCC(=O)Nc1cc2c(cc1Cl)NC(=O)C2. The molecule has 3 N–H and O–H groups in total. The number of anilines is 2. The Hall–Kier alpha value is -1.59. The molecule has 0 atom stereocenters. The van der Waals surface area contributed by atoms with E-state index in [1.54, 1.807) is 19.2 Å². The summed E-state index contributed by atoms with van der Waals surface area (Å²) in [5.41, 5.74) is 2.12. The Labute approximate surface area is 110 Å². The third kappa shape index (κ3) is 2.80. The number of amides is 2. The quantitative estimate of drug-likeness (QED) is 0.772. The highest BCUT2D eigenvalue weighted by Gasteiger charge is 2.20. The monoisotopic (exact) mass is 267 g/mol. The van der Waals surface area contributed by atoms with Crippen LogP contribution in [-0.4, -0.2) is 25.4 Å². The van der Waals surface area contributed by atoms with Crippen LogP contribution in [0.5, 0.6) is 0 Å². The van der Waals surface area contributed by atoms with Crippen molar-refractivity contribution in [2.24, 2.45) is 0 Å². The minimum absolute atomic E-state index is 0.0558. The number of carbonyl (C=O) groups excluding carboxylic acids is 2. The van der Waals surface area contributed by atoms with Gasteiger partial charge in [0.1, 0.15) is 0 Å². The smallest absolute Gasteiger partial charge is 0.228 e. The van der Waals surface area contributed by atoms with Crippen LogP contribution < -0.4 is 16.0 Å². The summed E-state index contributed by atoms with van der Waals surface area (Å²) in [6.45, 7) is 0.606. The Kier molecular flexibility index (Phi) is 3.84. The number of fused-ring (bicyclic) bond motifs is 1. The zero-order chi connectivity index (χ0) is 13.1. The van der Waals surface area contributed by atoms with Gasteiger partial charge in [0.25, 0.3) is 0 Å². The van der Waals surface area contributed by atoms with Crippen LogP contribution in [0.4, 0.5) is 11.4 Å². The molecule has 1 heterocycles. The Morgan fingerprint density at radius 1 is 1.50 bits per heavy atom. The molecule has 1 aliphatic heterocycles. The molecule has 1 aliphatic rings. The first kappa shape index (κ1) is 12.9. The molecule has 0 radical (unpaired) electrons. The van der Waals surface area contributed by atoms with Crippen LogP contribution >= 0.6 is 11.6 Å². The lowest BCUT2D eigenvalue weighted by molar-refractivity contribution is -0.116. The fourth-order valence-corrected chi connectivity index (χ4v) is 2.01. The van der Waals surface area contributed by atoms with Crippen LogP contribution in [0.2, 0.25) is 5.02 Å². The number of halogens is 1. The topological polar surface area (TPSA) is 70.2 Å². The molecule has 96 valence electrons. The van der Waals surface area contributed by atoms with Gasteiger partial charge >= 0.3 is 0 Å². The molecule has 1 aromatic carbocycles. The summed E-state index contributed by atoms with van der Waals surface area (Å²) in [6, 6.07) is 3.41. The summed E-state index contributed by atoms with van der Waals surface area (Å²) >= 11 is 6.05.